The number of nitrogens with one attached hydrogen (secondary N) is 5. The van der Waals surface area contributed by atoms with Gasteiger partial charge in [-0.25, -0.2) is 14.8 Å². The number of nitrogens with two attached hydrogens (primary N) is 1. The summed E-state index contributed by atoms with van der Waals surface area (Å²) >= 11 is 0. The molecule has 2 aromatic heterocycles. The number of carbonyl (C=O) groups is 4. The molecule has 0 radical (unpaired) electrons. The van der Waals surface area contributed by atoms with Gasteiger partial charge in [-0.05, 0) is 23.3 Å². The van der Waals surface area contributed by atoms with Crippen LogP contribution >= 0.6 is 0 Å². The number of carboxylic acids is 1. The molecule has 4 aromatic rings. The second-order valence-corrected chi connectivity index (χ2v) is 10.3. The minimum Gasteiger partial charge on any atom is -0.508 e. The van der Waals surface area contributed by atoms with Crippen molar-refractivity contribution in [2.24, 2.45) is 5.73 Å². The van der Waals surface area contributed by atoms with Gasteiger partial charge in [0.1, 0.15) is 23.9 Å². The predicted molar refractivity (Wildman–Crippen MR) is 158 cm³/mol. The molecule has 3 amide bonds. The molecule has 2 aromatic carbocycles. The highest BCUT2D eigenvalue weighted by molar-refractivity contribution is 5.94. The fourth-order valence-electron chi connectivity index (χ4n) is 4.50. The molecule has 0 spiro atoms. The summed E-state index contributed by atoms with van der Waals surface area (Å²) in [6, 6.07) is 10.3. The van der Waals surface area contributed by atoms with Gasteiger partial charge in [-0.1, -0.05) is 42.5 Å². The highest BCUT2D eigenvalue weighted by atomic mass is 16.4. The number of aromatic nitrogens is 4. The van der Waals surface area contributed by atoms with Crippen molar-refractivity contribution in [1.82, 2.24) is 35.9 Å². The SMILES string of the molecule is NC(Cc1cnc[nH]1)C(=O)NC(Cc1ccccc1)C(=O)NC(Cc1cnc[nH]1)C(=O)NC(Cc1ccc(O)cc1)C(=O)O. The van der Waals surface area contributed by atoms with E-state index in [4.69, 9.17) is 5.73 Å². The monoisotopic (exact) mass is 602 g/mol. The fourth-order valence-corrected chi connectivity index (χ4v) is 4.50. The molecule has 4 rings (SSSR count). The van der Waals surface area contributed by atoms with Crippen LogP contribution in [0.4, 0.5) is 0 Å². The third kappa shape index (κ3) is 9.25. The van der Waals surface area contributed by atoms with E-state index in [0.717, 1.165) is 5.56 Å². The Balaban J connectivity index is 1.51. The Morgan fingerprint density at radius 1 is 0.682 bits per heavy atom. The summed E-state index contributed by atoms with van der Waals surface area (Å²) in [5, 5.41) is 27.2. The number of amides is 3. The van der Waals surface area contributed by atoms with E-state index in [9.17, 15) is 29.4 Å². The minimum absolute atomic E-state index is 0.0198. The van der Waals surface area contributed by atoms with E-state index < -0.39 is 47.9 Å². The molecule has 2 heterocycles. The van der Waals surface area contributed by atoms with Crippen LogP contribution < -0.4 is 21.7 Å². The molecule has 4 atom stereocenters. The van der Waals surface area contributed by atoms with E-state index in [1.807, 2.05) is 6.07 Å². The summed E-state index contributed by atoms with van der Waals surface area (Å²) in [5.41, 5.74) is 8.60. The molecule has 0 saturated carbocycles. The van der Waals surface area contributed by atoms with Crippen molar-refractivity contribution in [2.45, 2.75) is 49.9 Å². The number of nitrogens with zero attached hydrogens (tertiary/aromatic N) is 2. The predicted octanol–water partition coefficient (Wildman–Crippen LogP) is -0.0247. The van der Waals surface area contributed by atoms with E-state index in [0.29, 0.717) is 17.0 Å². The molecule has 44 heavy (non-hydrogen) atoms. The van der Waals surface area contributed by atoms with Gasteiger partial charge in [0.2, 0.25) is 17.7 Å². The molecule has 0 aliphatic rings. The lowest BCUT2D eigenvalue weighted by Gasteiger charge is -2.25. The first-order chi connectivity index (χ1) is 21.2. The third-order valence-corrected chi connectivity index (χ3v) is 6.85. The van der Waals surface area contributed by atoms with E-state index in [1.54, 1.807) is 42.6 Å². The van der Waals surface area contributed by atoms with Crippen LogP contribution in [0.3, 0.4) is 0 Å². The number of carboxylic acid groups (broad SMARTS) is 1. The van der Waals surface area contributed by atoms with Gasteiger partial charge in [0.05, 0.1) is 18.7 Å². The average Bonchev–Trinajstić information content (AvgIpc) is 3.72. The summed E-state index contributed by atoms with van der Waals surface area (Å²) in [6.07, 6.45) is 6.08. The molecule has 14 heteroatoms. The number of benzene rings is 2. The number of rotatable bonds is 15. The number of hydrogen-bond donors (Lipinski definition) is 8. The van der Waals surface area contributed by atoms with Crippen molar-refractivity contribution in [3.63, 3.8) is 0 Å². The van der Waals surface area contributed by atoms with Crippen molar-refractivity contribution < 1.29 is 29.4 Å². The number of aromatic hydroxyl groups is 1. The number of carbonyl (C=O) groups excluding carboxylic acids is 3. The van der Waals surface area contributed by atoms with Crippen molar-refractivity contribution in [3.05, 3.63) is 102 Å². The molecular weight excluding hydrogens is 568 g/mol. The lowest BCUT2D eigenvalue weighted by Crippen LogP contribution is -2.58. The first-order valence-electron chi connectivity index (χ1n) is 13.8. The summed E-state index contributed by atoms with van der Waals surface area (Å²) in [4.78, 5) is 65.9. The molecule has 0 saturated heterocycles. The molecule has 4 unspecified atom stereocenters. The van der Waals surface area contributed by atoms with Crippen molar-refractivity contribution in [2.75, 3.05) is 0 Å². The Labute approximate surface area is 252 Å². The lowest BCUT2D eigenvalue weighted by molar-refractivity contribution is -0.142. The number of phenols is 1. The van der Waals surface area contributed by atoms with Gasteiger partial charge in [-0.15, -0.1) is 0 Å². The summed E-state index contributed by atoms with van der Waals surface area (Å²) < 4.78 is 0. The van der Waals surface area contributed by atoms with Gasteiger partial charge in [-0.2, -0.15) is 0 Å². The number of H-pyrrole nitrogens is 2. The number of phenolic OH excluding ortho intramolecular Hbond substituents is 1. The maximum atomic E-state index is 13.7. The Morgan fingerprint density at radius 2 is 1.18 bits per heavy atom. The minimum atomic E-state index is -1.33. The van der Waals surface area contributed by atoms with Crippen molar-refractivity contribution in [1.29, 1.82) is 0 Å². The van der Waals surface area contributed by atoms with Gasteiger partial charge in [-0.3, -0.25) is 14.4 Å². The van der Waals surface area contributed by atoms with Gasteiger partial charge < -0.3 is 41.9 Å². The molecule has 0 fully saturated rings. The van der Waals surface area contributed by atoms with Crippen LogP contribution in [0.25, 0.3) is 0 Å². The van der Waals surface area contributed by atoms with E-state index in [-0.39, 0.29) is 31.4 Å². The second kappa shape index (κ2) is 15.1. The van der Waals surface area contributed by atoms with E-state index in [1.165, 1.54) is 31.0 Å². The number of aliphatic carboxylic acids is 1. The summed E-state index contributed by atoms with van der Waals surface area (Å²) in [7, 11) is 0. The maximum absolute atomic E-state index is 13.7. The first kappa shape index (κ1) is 31.4. The molecule has 14 nitrogen and oxygen atoms in total. The molecule has 0 aliphatic carbocycles. The summed E-state index contributed by atoms with van der Waals surface area (Å²) in [5.74, 6) is -3.25. The van der Waals surface area contributed by atoms with Crippen LogP contribution in [0.2, 0.25) is 0 Å². The molecular formula is C30H34N8O6. The highest BCUT2D eigenvalue weighted by Crippen LogP contribution is 2.12. The maximum Gasteiger partial charge on any atom is 0.326 e. The Kier molecular flexibility index (Phi) is 10.8. The van der Waals surface area contributed by atoms with Crippen LogP contribution in [-0.4, -0.2) is 78.0 Å². The van der Waals surface area contributed by atoms with E-state index >= 15 is 0 Å². The Bertz CT molecular complexity index is 1510. The van der Waals surface area contributed by atoms with E-state index in [2.05, 4.69) is 35.9 Å². The van der Waals surface area contributed by atoms with Crippen LogP contribution in [0, 0.1) is 0 Å². The molecule has 0 bridgehead atoms. The summed E-state index contributed by atoms with van der Waals surface area (Å²) in [6.45, 7) is 0. The normalized spacial score (nSPS) is 13.7. The van der Waals surface area contributed by atoms with Crippen LogP contribution in [0.1, 0.15) is 22.5 Å². The first-order valence-corrected chi connectivity index (χ1v) is 13.8. The van der Waals surface area contributed by atoms with Crippen molar-refractivity contribution >= 4 is 23.7 Å². The zero-order chi connectivity index (χ0) is 31.5. The van der Waals surface area contributed by atoms with Gasteiger partial charge in [0.25, 0.3) is 0 Å². The molecule has 0 aliphatic heterocycles. The van der Waals surface area contributed by atoms with Gasteiger partial charge in [0.15, 0.2) is 0 Å². The van der Waals surface area contributed by atoms with Gasteiger partial charge >= 0.3 is 5.97 Å². The number of aromatic amines is 2. The average molecular weight is 603 g/mol. The van der Waals surface area contributed by atoms with Gasteiger partial charge in [0, 0.05) is 49.5 Å². The van der Waals surface area contributed by atoms with Crippen LogP contribution in [0.5, 0.6) is 5.75 Å². The van der Waals surface area contributed by atoms with Crippen LogP contribution in [0.15, 0.2) is 79.6 Å². The Morgan fingerprint density at radius 3 is 1.75 bits per heavy atom. The van der Waals surface area contributed by atoms with Crippen LogP contribution in [-0.2, 0) is 44.9 Å². The molecule has 230 valence electrons. The zero-order valence-electron chi connectivity index (χ0n) is 23.6. The zero-order valence-corrected chi connectivity index (χ0v) is 23.6. The highest BCUT2D eigenvalue weighted by Gasteiger charge is 2.31. The smallest absolute Gasteiger partial charge is 0.326 e. The topological polar surface area (TPSA) is 228 Å². The second-order valence-electron chi connectivity index (χ2n) is 10.3. The molecule has 9 N–H and O–H groups in total. The Hall–Kier alpha value is -5.50. The quantitative estimate of drug-likeness (QED) is 0.0912. The standard InChI is InChI=1S/C30H34N8O6/c31-23(12-20-14-32-16-34-20)27(40)36-24(10-18-4-2-1-3-5-18)28(41)37-25(13-21-15-33-17-35-21)29(42)38-26(30(43)44)11-19-6-8-22(39)9-7-19/h1-9,14-17,23-26,39H,10-13,31H2,(H,32,34)(H,33,35)(H,36,40)(H,37,41)(H,38,42)(H,43,44). The number of imidazole rings is 2. The number of hydrogen-bond acceptors (Lipinski definition) is 8. The lowest BCUT2D eigenvalue weighted by atomic mass is 10.0. The van der Waals surface area contributed by atoms with Crippen molar-refractivity contribution in [3.8, 4) is 5.75 Å². The fraction of sp³-hybridized carbons (Fsp3) is 0.267. The third-order valence-electron chi connectivity index (χ3n) is 6.85. The largest absolute Gasteiger partial charge is 0.508 e.